The highest BCUT2D eigenvalue weighted by molar-refractivity contribution is 9.10. The van der Waals surface area contributed by atoms with Crippen LogP contribution in [0.15, 0.2) is 40.9 Å². The Morgan fingerprint density at radius 2 is 2.00 bits per heavy atom. The quantitative estimate of drug-likeness (QED) is 0.705. The van der Waals surface area contributed by atoms with E-state index in [0.717, 1.165) is 15.7 Å². The van der Waals surface area contributed by atoms with Crippen molar-refractivity contribution in [1.82, 2.24) is 20.2 Å². The molecule has 106 valence electrons. The summed E-state index contributed by atoms with van der Waals surface area (Å²) in [5.41, 5.74) is 9.07. The van der Waals surface area contributed by atoms with E-state index in [1.54, 1.807) is 22.9 Å². The number of hydrogen-bond donors (Lipinski definition) is 1. The minimum atomic E-state index is 0.550. The van der Waals surface area contributed by atoms with Gasteiger partial charge in [0.1, 0.15) is 0 Å². The van der Waals surface area contributed by atoms with Crippen molar-refractivity contribution in [3.63, 3.8) is 0 Å². The number of rotatable bonds is 2. The normalized spacial score (nSPS) is 10.8. The number of halogens is 2. The third-order valence-corrected chi connectivity index (χ3v) is 4.31. The first kappa shape index (κ1) is 14.0. The summed E-state index contributed by atoms with van der Waals surface area (Å²) in [7, 11) is 0. The number of tetrazole rings is 1. The van der Waals surface area contributed by atoms with Crippen molar-refractivity contribution < 1.29 is 0 Å². The summed E-state index contributed by atoms with van der Waals surface area (Å²) in [5.74, 6) is 0.550. The van der Waals surface area contributed by atoms with Crippen molar-refractivity contribution in [2.45, 2.75) is 6.92 Å². The predicted octanol–water partition coefficient (Wildman–Crippen LogP) is 3.64. The van der Waals surface area contributed by atoms with Gasteiger partial charge in [0.15, 0.2) is 5.82 Å². The Balaban J connectivity index is 2.17. The maximum atomic E-state index is 6.23. The van der Waals surface area contributed by atoms with E-state index in [4.69, 9.17) is 17.3 Å². The molecule has 0 aliphatic heterocycles. The third-order valence-electron chi connectivity index (χ3n) is 3.09. The van der Waals surface area contributed by atoms with E-state index >= 15 is 0 Å². The summed E-state index contributed by atoms with van der Waals surface area (Å²) in [4.78, 5) is 0. The SMILES string of the molecule is Cc1cc(-n2nnnc2-c2cc(N)ccc2Cl)ccc1Br. The third kappa shape index (κ3) is 2.64. The van der Waals surface area contributed by atoms with Crippen molar-refractivity contribution in [1.29, 1.82) is 0 Å². The molecule has 0 fully saturated rings. The van der Waals surface area contributed by atoms with E-state index < -0.39 is 0 Å². The minimum absolute atomic E-state index is 0.550. The molecule has 2 aromatic carbocycles. The molecule has 0 saturated carbocycles. The molecule has 0 saturated heterocycles. The van der Waals surface area contributed by atoms with E-state index in [9.17, 15) is 0 Å². The molecule has 1 aromatic heterocycles. The molecule has 1 heterocycles. The summed E-state index contributed by atoms with van der Waals surface area (Å²) in [6.45, 7) is 2.01. The van der Waals surface area contributed by atoms with Crippen LogP contribution in [0.5, 0.6) is 0 Å². The fraction of sp³-hybridized carbons (Fsp3) is 0.0714. The Labute approximate surface area is 134 Å². The van der Waals surface area contributed by atoms with E-state index in [1.165, 1.54) is 0 Å². The van der Waals surface area contributed by atoms with Gasteiger partial charge in [-0.3, -0.25) is 0 Å². The minimum Gasteiger partial charge on any atom is -0.399 e. The molecule has 0 spiro atoms. The van der Waals surface area contributed by atoms with Gasteiger partial charge in [0.05, 0.1) is 10.7 Å². The number of benzene rings is 2. The molecule has 0 unspecified atom stereocenters. The Morgan fingerprint density at radius 3 is 2.76 bits per heavy atom. The first-order valence-electron chi connectivity index (χ1n) is 6.16. The highest BCUT2D eigenvalue weighted by atomic mass is 79.9. The van der Waals surface area contributed by atoms with Crippen LogP contribution >= 0.6 is 27.5 Å². The monoisotopic (exact) mass is 363 g/mol. The molecule has 5 nitrogen and oxygen atoms in total. The number of nitrogen functional groups attached to an aromatic ring is 1. The van der Waals surface area contributed by atoms with Gasteiger partial charge < -0.3 is 5.73 Å². The van der Waals surface area contributed by atoms with E-state index in [1.807, 2.05) is 25.1 Å². The zero-order valence-electron chi connectivity index (χ0n) is 11.1. The molecule has 0 atom stereocenters. The van der Waals surface area contributed by atoms with E-state index in [2.05, 4.69) is 31.5 Å². The first-order valence-corrected chi connectivity index (χ1v) is 7.33. The topological polar surface area (TPSA) is 69.6 Å². The molecule has 2 N–H and O–H groups in total. The van der Waals surface area contributed by atoms with Crippen molar-refractivity contribution >= 4 is 33.2 Å². The molecule has 3 aromatic rings. The van der Waals surface area contributed by atoms with Gasteiger partial charge in [-0.05, 0) is 59.3 Å². The fourth-order valence-corrected chi connectivity index (χ4v) is 2.45. The van der Waals surface area contributed by atoms with Crippen molar-refractivity contribution in [3.8, 4) is 17.1 Å². The fourth-order valence-electron chi connectivity index (χ4n) is 2.00. The molecule has 21 heavy (non-hydrogen) atoms. The molecular formula is C14H11BrClN5. The molecule has 3 rings (SSSR count). The van der Waals surface area contributed by atoms with Crippen LogP contribution in [0.3, 0.4) is 0 Å². The largest absolute Gasteiger partial charge is 0.399 e. The second-order valence-corrected chi connectivity index (χ2v) is 5.85. The lowest BCUT2D eigenvalue weighted by molar-refractivity contribution is 0.790. The summed E-state index contributed by atoms with van der Waals surface area (Å²) in [5, 5.41) is 12.4. The molecule has 0 bridgehead atoms. The van der Waals surface area contributed by atoms with Gasteiger partial charge in [-0.25, -0.2) is 0 Å². The Hall–Kier alpha value is -1.92. The van der Waals surface area contributed by atoms with Crippen LogP contribution in [0.4, 0.5) is 5.69 Å². The van der Waals surface area contributed by atoms with Crippen LogP contribution in [0.25, 0.3) is 17.1 Å². The van der Waals surface area contributed by atoms with E-state index in [-0.39, 0.29) is 0 Å². The summed E-state index contributed by atoms with van der Waals surface area (Å²) >= 11 is 9.71. The average molecular weight is 365 g/mol. The molecular weight excluding hydrogens is 354 g/mol. The zero-order valence-corrected chi connectivity index (χ0v) is 13.4. The molecule has 7 heteroatoms. The predicted molar refractivity (Wildman–Crippen MR) is 86.4 cm³/mol. The van der Waals surface area contributed by atoms with Gasteiger partial charge in [-0.1, -0.05) is 27.5 Å². The maximum absolute atomic E-state index is 6.23. The highest BCUT2D eigenvalue weighted by Crippen LogP contribution is 2.29. The zero-order chi connectivity index (χ0) is 15.0. The van der Waals surface area contributed by atoms with Crippen LogP contribution in [0, 0.1) is 6.92 Å². The summed E-state index contributed by atoms with van der Waals surface area (Å²) in [6.07, 6.45) is 0. The number of aromatic nitrogens is 4. The van der Waals surface area contributed by atoms with Crippen molar-refractivity contribution in [3.05, 3.63) is 51.5 Å². The van der Waals surface area contributed by atoms with Gasteiger partial charge in [0, 0.05) is 15.7 Å². The Morgan fingerprint density at radius 1 is 1.19 bits per heavy atom. The number of nitrogens with two attached hydrogens (primary N) is 1. The lowest BCUT2D eigenvalue weighted by atomic mass is 10.1. The van der Waals surface area contributed by atoms with Crippen molar-refractivity contribution in [2.24, 2.45) is 0 Å². The highest BCUT2D eigenvalue weighted by Gasteiger charge is 2.14. The molecule has 0 aliphatic carbocycles. The number of aryl methyl sites for hydroxylation is 1. The average Bonchev–Trinajstić information content (AvgIpc) is 2.93. The second kappa shape index (κ2) is 5.46. The molecule has 0 amide bonds. The van der Waals surface area contributed by atoms with Crippen LogP contribution in [0.2, 0.25) is 5.02 Å². The van der Waals surface area contributed by atoms with Gasteiger partial charge in [-0.2, -0.15) is 4.68 Å². The lowest BCUT2D eigenvalue weighted by Crippen LogP contribution is -2.01. The smallest absolute Gasteiger partial charge is 0.188 e. The van der Waals surface area contributed by atoms with Crippen molar-refractivity contribution in [2.75, 3.05) is 5.73 Å². The first-order chi connectivity index (χ1) is 10.1. The van der Waals surface area contributed by atoms with Gasteiger partial charge in [-0.15, -0.1) is 5.10 Å². The van der Waals surface area contributed by atoms with Crippen LogP contribution in [-0.2, 0) is 0 Å². The second-order valence-electron chi connectivity index (χ2n) is 4.59. The van der Waals surface area contributed by atoms with Gasteiger partial charge in [0.2, 0.25) is 0 Å². The Bertz CT molecular complexity index is 815. The molecule has 0 radical (unpaired) electrons. The number of hydrogen-bond acceptors (Lipinski definition) is 4. The summed E-state index contributed by atoms with van der Waals surface area (Å²) in [6, 6.07) is 11.1. The standard InChI is InChI=1S/C14H11BrClN5/c1-8-6-10(3-4-12(8)15)21-14(18-19-20-21)11-7-9(17)2-5-13(11)16/h2-7H,17H2,1H3. The molecule has 0 aliphatic rings. The van der Waals surface area contributed by atoms with E-state index in [0.29, 0.717) is 22.1 Å². The van der Waals surface area contributed by atoms with Crippen LogP contribution < -0.4 is 5.73 Å². The maximum Gasteiger partial charge on any atom is 0.188 e. The van der Waals surface area contributed by atoms with Gasteiger partial charge >= 0.3 is 0 Å². The number of anilines is 1. The number of nitrogens with zero attached hydrogens (tertiary/aromatic N) is 4. The van der Waals surface area contributed by atoms with Gasteiger partial charge in [0.25, 0.3) is 0 Å². The van der Waals surface area contributed by atoms with Crippen LogP contribution in [-0.4, -0.2) is 20.2 Å². The summed E-state index contributed by atoms with van der Waals surface area (Å²) < 4.78 is 2.67. The van der Waals surface area contributed by atoms with Crippen LogP contribution in [0.1, 0.15) is 5.56 Å². The lowest BCUT2D eigenvalue weighted by Gasteiger charge is -2.08. The Kier molecular flexibility index (Phi) is 3.65.